The Hall–Kier alpha value is -2.35. The molecule has 0 spiro atoms. The standard InChI is InChI=1S/C20H26F2N8OS2/c1-12-15(28-31-27-12)11-30(24)18-16(23)17(29-9-8-14(10-29)33-32-2)25-19(26-18)20(21,22)13-6-4-3-5-7-13/h3-7,14-15,28H,8-11,23-24H2,1-2H3. The van der Waals surface area contributed by atoms with Crippen molar-refractivity contribution in [3.8, 4) is 0 Å². The third-order valence-corrected chi connectivity index (χ3v) is 7.78. The summed E-state index contributed by atoms with van der Waals surface area (Å²) in [6, 6.07) is 7.14. The van der Waals surface area contributed by atoms with Crippen LogP contribution in [0.2, 0.25) is 0 Å². The highest BCUT2D eigenvalue weighted by Gasteiger charge is 2.40. The highest BCUT2D eigenvalue weighted by molar-refractivity contribution is 8.76. The van der Waals surface area contributed by atoms with Crippen LogP contribution in [0.3, 0.4) is 0 Å². The van der Waals surface area contributed by atoms with Crippen LogP contribution in [0.4, 0.5) is 26.1 Å². The summed E-state index contributed by atoms with van der Waals surface area (Å²) in [5.74, 6) is 2.50. The molecule has 5 N–H and O–H groups in total. The number of nitrogens with two attached hydrogens (primary N) is 2. The van der Waals surface area contributed by atoms with Crippen molar-refractivity contribution in [1.82, 2.24) is 15.4 Å². The molecule has 1 aromatic heterocycles. The van der Waals surface area contributed by atoms with Gasteiger partial charge in [-0.05, 0) is 19.6 Å². The fraction of sp³-hybridized carbons (Fsp3) is 0.450. The summed E-state index contributed by atoms with van der Waals surface area (Å²) in [6.07, 6.45) is 2.92. The molecule has 0 bridgehead atoms. The summed E-state index contributed by atoms with van der Waals surface area (Å²) in [7, 11) is 3.43. The molecule has 2 aliphatic rings. The first-order valence-corrected chi connectivity index (χ1v) is 13.0. The first-order valence-electron chi connectivity index (χ1n) is 10.3. The molecule has 2 atom stereocenters. The number of aromatic nitrogens is 2. The maximum Gasteiger partial charge on any atom is 0.331 e. The van der Waals surface area contributed by atoms with Crippen molar-refractivity contribution in [1.29, 1.82) is 0 Å². The molecule has 1 saturated heterocycles. The molecule has 0 radical (unpaired) electrons. The number of hydrazine groups is 1. The number of oxime groups is 1. The monoisotopic (exact) mass is 496 g/mol. The van der Waals surface area contributed by atoms with E-state index >= 15 is 8.78 Å². The second-order valence-electron chi connectivity index (χ2n) is 7.81. The summed E-state index contributed by atoms with van der Waals surface area (Å²) in [5.41, 5.74) is 9.75. The van der Waals surface area contributed by atoms with Crippen molar-refractivity contribution in [3.63, 3.8) is 0 Å². The van der Waals surface area contributed by atoms with E-state index in [4.69, 9.17) is 16.5 Å². The normalized spacial score (nSPS) is 20.6. The zero-order valence-electron chi connectivity index (χ0n) is 18.2. The van der Waals surface area contributed by atoms with Crippen LogP contribution in [-0.4, -0.2) is 52.9 Å². The number of benzene rings is 1. The van der Waals surface area contributed by atoms with Gasteiger partial charge >= 0.3 is 5.92 Å². The van der Waals surface area contributed by atoms with E-state index in [9.17, 15) is 0 Å². The van der Waals surface area contributed by atoms with E-state index in [1.165, 1.54) is 17.1 Å². The molecule has 4 rings (SSSR count). The zero-order chi connectivity index (χ0) is 23.6. The Morgan fingerprint density at radius 1 is 1.30 bits per heavy atom. The summed E-state index contributed by atoms with van der Waals surface area (Å²) in [6.45, 7) is 3.24. The van der Waals surface area contributed by atoms with E-state index in [0.29, 0.717) is 24.1 Å². The fourth-order valence-electron chi connectivity index (χ4n) is 3.72. The van der Waals surface area contributed by atoms with Gasteiger partial charge in [-0.1, -0.05) is 57.1 Å². The van der Waals surface area contributed by atoms with Gasteiger partial charge in [-0.3, -0.25) is 9.95 Å². The maximum absolute atomic E-state index is 15.5. The number of hydrogen-bond acceptors (Lipinski definition) is 11. The number of nitrogens with zero attached hydrogens (tertiary/aromatic N) is 5. The number of hydrogen-bond donors (Lipinski definition) is 3. The molecule has 0 amide bonds. The topological polar surface area (TPSA) is 118 Å². The molecule has 9 nitrogen and oxygen atoms in total. The molecule has 178 valence electrons. The number of hydroxylamine groups is 1. The second-order valence-corrected chi connectivity index (χ2v) is 10.6. The van der Waals surface area contributed by atoms with E-state index in [2.05, 4.69) is 20.6 Å². The largest absolute Gasteiger partial charge is 0.393 e. The Balaban J connectivity index is 1.73. The van der Waals surface area contributed by atoms with Gasteiger partial charge in [-0.15, -0.1) is 5.48 Å². The van der Waals surface area contributed by atoms with E-state index in [1.54, 1.807) is 46.7 Å². The van der Waals surface area contributed by atoms with Gasteiger partial charge < -0.3 is 10.6 Å². The molecule has 0 saturated carbocycles. The minimum atomic E-state index is -3.43. The molecule has 3 heterocycles. The molecule has 13 heteroatoms. The van der Waals surface area contributed by atoms with Crippen molar-refractivity contribution in [3.05, 3.63) is 41.7 Å². The van der Waals surface area contributed by atoms with Crippen LogP contribution in [-0.2, 0) is 10.9 Å². The number of alkyl halides is 2. The van der Waals surface area contributed by atoms with Gasteiger partial charge in [-0.2, -0.15) is 8.78 Å². The van der Waals surface area contributed by atoms with Gasteiger partial charge in [0.2, 0.25) is 5.82 Å². The predicted molar refractivity (Wildman–Crippen MR) is 130 cm³/mol. The van der Waals surface area contributed by atoms with Crippen molar-refractivity contribution < 1.29 is 13.7 Å². The molecule has 2 aromatic rings. The van der Waals surface area contributed by atoms with Gasteiger partial charge in [0.25, 0.3) is 0 Å². The van der Waals surface area contributed by atoms with Crippen LogP contribution in [0.25, 0.3) is 0 Å². The maximum atomic E-state index is 15.5. The average molecular weight is 497 g/mol. The molecule has 1 aromatic carbocycles. The van der Waals surface area contributed by atoms with Crippen molar-refractivity contribution >= 4 is 44.6 Å². The van der Waals surface area contributed by atoms with Gasteiger partial charge in [0.15, 0.2) is 11.6 Å². The smallest absolute Gasteiger partial charge is 0.331 e. The van der Waals surface area contributed by atoms with Gasteiger partial charge in [0.05, 0.1) is 12.3 Å². The highest BCUT2D eigenvalue weighted by atomic mass is 33.1. The molecule has 2 aliphatic heterocycles. The lowest BCUT2D eigenvalue weighted by atomic mass is 10.1. The lowest BCUT2D eigenvalue weighted by Crippen LogP contribution is -2.46. The Kier molecular flexibility index (Phi) is 7.12. The van der Waals surface area contributed by atoms with E-state index in [1.807, 2.05) is 11.2 Å². The Labute approximate surface area is 198 Å². The fourth-order valence-corrected chi connectivity index (χ4v) is 5.72. The molecular formula is C20H26F2N8OS2. The molecule has 2 unspecified atom stereocenters. The Morgan fingerprint density at radius 2 is 2.06 bits per heavy atom. The molecular weight excluding hydrogens is 470 g/mol. The Bertz CT molecular complexity index is 1010. The van der Waals surface area contributed by atoms with E-state index < -0.39 is 11.7 Å². The van der Waals surface area contributed by atoms with Crippen LogP contribution in [0.15, 0.2) is 35.5 Å². The third kappa shape index (κ3) is 4.95. The second kappa shape index (κ2) is 9.87. The van der Waals surface area contributed by atoms with Crippen molar-refractivity contribution in [2.45, 2.75) is 30.6 Å². The Morgan fingerprint density at radius 3 is 2.73 bits per heavy atom. The zero-order valence-corrected chi connectivity index (χ0v) is 19.9. The van der Waals surface area contributed by atoms with Crippen molar-refractivity contribution in [2.24, 2.45) is 11.0 Å². The number of rotatable bonds is 8. The number of nitrogens with one attached hydrogen (secondary N) is 1. The summed E-state index contributed by atoms with van der Waals surface area (Å²) >= 11 is 0. The number of halogens is 2. The van der Waals surface area contributed by atoms with E-state index in [0.717, 1.165) is 6.42 Å². The highest BCUT2D eigenvalue weighted by Crippen LogP contribution is 2.40. The minimum Gasteiger partial charge on any atom is -0.393 e. The average Bonchev–Trinajstić information content (AvgIpc) is 3.43. The molecule has 1 fully saturated rings. The van der Waals surface area contributed by atoms with Crippen LogP contribution in [0.1, 0.15) is 24.7 Å². The van der Waals surface area contributed by atoms with Crippen LogP contribution in [0.5, 0.6) is 0 Å². The summed E-state index contributed by atoms with van der Waals surface area (Å²) < 4.78 is 31.0. The third-order valence-electron chi connectivity index (χ3n) is 5.54. The lowest BCUT2D eigenvalue weighted by Gasteiger charge is -2.27. The van der Waals surface area contributed by atoms with Crippen LogP contribution < -0.4 is 27.0 Å². The predicted octanol–water partition coefficient (Wildman–Crippen LogP) is 2.75. The van der Waals surface area contributed by atoms with Gasteiger partial charge in [0.1, 0.15) is 11.7 Å². The minimum absolute atomic E-state index is 0.0353. The number of nitrogen functional groups attached to an aromatic ring is 1. The SMILES string of the molecule is CSSC1CCN(c2nc(C(F)(F)c3ccccc3)nc(N(N)CC3NON=C3C)c2N)C1. The summed E-state index contributed by atoms with van der Waals surface area (Å²) in [5, 5.41) is 5.40. The molecule has 33 heavy (non-hydrogen) atoms. The van der Waals surface area contributed by atoms with Crippen LogP contribution in [0, 0.1) is 0 Å². The first-order chi connectivity index (χ1) is 15.8. The summed E-state index contributed by atoms with van der Waals surface area (Å²) in [4.78, 5) is 15.2. The van der Waals surface area contributed by atoms with E-state index in [-0.39, 0.29) is 35.5 Å². The quantitative estimate of drug-likeness (QED) is 0.286. The number of anilines is 3. The van der Waals surface area contributed by atoms with Gasteiger partial charge in [-0.25, -0.2) is 15.8 Å². The van der Waals surface area contributed by atoms with Gasteiger partial charge in [0, 0.05) is 23.9 Å². The van der Waals surface area contributed by atoms with Crippen molar-refractivity contribution in [2.75, 3.05) is 41.5 Å². The first kappa shape index (κ1) is 23.8. The lowest BCUT2D eigenvalue weighted by molar-refractivity contribution is 0.0330. The van der Waals surface area contributed by atoms with Crippen LogP contribution >= 0.6 is 21.6 Å². The molecule has 0 aliphatic carbocycles.